The minimum atomic E-state index is -3.14. The molecule has 0 saturated carbocycles. The van der Waals surface area contributed by atoms with E-state index in [0.717, 1.165) is 0 Å². The summed E-state index contributed by atoms with van der Waals surface area (Å²) in [6.45, 7) is 2.98. The molecule has 2 amide bonds. The minimum absolute atomic E-state index is 0.0498. The molecule has 0 spiro atoms. The maximum Gasteiger partial charge on any atom is 0.326 e. The van der Waals surface area contributed by atoms with Crippen molar-refractivity contribution in [3.8, 4) is 5.75 Å². The molecule has 2 aliphatic rings. The van der Waals surface area contributed by atoms with E-state index in [2.05, 4.69) is 0 Å². The topological polar surface area (TPSA) is 110 Å². The molecule has 0 aliphatic carbocycles. The van der Waals surface area contributed by atoms with Crippen molar-refractivity contribution in [3.05, 3.63) is 24.3 Å². The van der Waals surface area contributed by atoms with Crippen molar-refractivity contribution in [1.82, 2.24) is 4.90 Å². The summed E-state index contributed by atoms with van der Waals surface area (Å²) in [7, 11) is -3.14. The number of hydrogen-bond acceptors (Lipinski definition) is 7. The van der Waals surface area contributed by atoms with E-state index >= 15 is 0 Å². The van der Waals surface area contributed by atoms with E-state index in [1.165, 1.54) is 16.7 Å². The predicted molar refractivity (Wildman–Crippen MR) is 104 cm³/mol. The van der Waals surface area contributed by atoms with Crippen molar-refractivity contribution in [2.75, 3.05) is 36.1 Å². The number of fused-ring (bicyclic) bond motifs is 1. The minimum Gasteiger partial charge on any atom is -0.482 e. The molecule has 2 aliphatic heterocycles. The number of ether oxygens (including phenoxy) is 2. The van der Waals surface area contributed by atoms with Gasteiger partial charge in [0.15, 0.2) is 22.5 Å². The number of likely N-dealkylation sites (N-methyl/N-ethyl adjacent to an activating group) is 1. The third-order valence-corrected chi connectivity index (χ3v) is 6.77. The largest absolute Gasteiger partial charge is 0.482 e. The summed E-state index contributed by atoms with van der Waals surface area (Å²) in [5.41, 5.74) is 0.464. The lowest BCUT2D eigenvalue weighted by Crippen LogP contribution is -2.48. The molecule has 0 aromatic heterocycles. The Morgan fingerprint density at radius 1 is 1.34 bits per heavy atom. The van der Waals surface area contributed by atoms with Crippen LogP contribution in [0.25, 0.3) is 0 Å². The number of hydrogen-bond donors (Lipinski definition) is 0. The Balaban J connectivity index is 1.63. The van der Waals surface area contributed by atoms with Gasteiger partial charge >= 0.3 is 5.97 Å². The van der Waals surface area contributed by atoms with Crippen LogP contribution in [-0.2, 0) is 29.0 Å². The number of anilines is 1. The number of esters is 1. The molecule has 0 N–H and O–H groups in total. The Labute approximate surface area is 169 Å². The lowest BCUT2D eigenvalue weighted by atomic mass is 10.2. The molecular formula is C19H24N2O7S. The Hall–Kier alpha value is -2.62. The van der Waals surface area contributed by atoms with Crippen LogP contribution in [0.3, 0.4) is 0 Å². The van der Waals surface area contributed by atoms with Crippen LogP contribution in [0.5, 0.6) is 5.75 Å². The molecule has 0 bridgehead atoms. The van der Waals surface area contributed by atoms with Crippen molar-refractivity contribution in [2.24, 2.45) is 0 Å². The van der Waals surface area contributed by atoms with Gasteiger partial charge in [0, 0.05) is 12.6 Å². The fourth-order valence-corrected chi connectivity index (χ4v) is 5.32. The zero-order valence-electron chi connectivity index (χ0n) is 16.4. The molecule has 2 heterocycles. The maximum atomic E-state index is 12.7. The van der Waals surface area contributed by atoms with Crippen molar-refractivity contribution in [2.45, 2.75) is 32.4 Å². The SMILES string of the molecule is CCN(C(=O)C(C)OC(=O)CN1C(=O)COc2ccccc21)C1CCS(=O)(=O)C1. The second-order valence-corrected chi connectivity index (χ2v) is 9.28. The Kier molecular flexibility index (Phi) is 6.11. The van der Waals surface area contributed by atoms with Crippen molar-refractivity contribution >= 4 is 33.3 Å². The van der Waals surface area contributed by atoms with Gasteiger partial charge in [-0.15, -0.1) is 0 Å². The molecule has 1 aromatic rings. The average molecular weight is 424 g/mol. The molecule has 158 valence electrons. The van der Waals surface area contributed by atoms with Crippen LogP contribution < -0.4 is 9.64 Å². The zero-order valence-corrected chi connectivity index (χ0v) is 17.2. The number of sulfone groups is 1. The molecule has 1 fully saturated rings. The number of carbonyl (C=O) groups excluding carboxylic acids is 3. The number of benzene rings is 1. The Morgan fingerprint density at radius 3 is 2.72 bits per heavy atom. The molecule has 2 unspecified atom stereocenters. The zero-order chi connectivity index (χ0) is 21.2. The maximum absolute atomic E-state index is 12.7. The lowest BCUT2D eigenvalue weighted by Gasteiger charge is -2.30. The first kappa shape index (κ1) is 21.1. The summed E-state index contributed by atoms with van der Waals surface area (Å²) < 4.78 is 34.0. The van der Waals surface area contributed by atoms with E-state index in [1.807, 2.05) is 0 Å². The lowest BCUT2D eigenvalue weighted by molar-refractivity contribution is -0.159. The summed E-state index contributed by atoms with van der Waals surface area (Å²) in [5, 5.41) is 0. The van der Waals surface area contributed by atoms with Gasteiger partial charge in [-0.3, -0.25) is 19.3 Å². The number of amides is 2. The summed E-state index contributed by atoms with van der Waals surface area (Å²) >= 11 is 0. The van der Waals surface area contributed by atoms with Gasteiger partial charge in [-0.2, -0.15) is 0 Å². The van der Waals surface area contributed by atoms with Crippen LogP contribution in [-0.4, -0.2) is 74.4 Å². The fraction of sp³-hybridized carbons (Fsp3) is 0.526. The first-order valence-corrected chi connectivity index (χ1v) is 11.3. The van der Waals surface area contributed by atoms with Crippen LogP contribution >= 0.6 is 0 Å². The number of para-hydroxylation sites is 2. The second-order valence-electron chi connectivity index (χ2n) is 7.05. The standard InChI is InChI=1S/C19H24N2O7S/c1-3-20(14-8-9-29(25,26)12-14)19(24)13(2)28-18(23)10-21-15-6-4-5-7-16(15)27-11-17(21)22/h4-7,13-14H,3,8-12H2,1-2H3. The van der Waals surface area contributed by atoms with Gasteiger partial charge < -0.3 is 14.4 Å². The van der Waals surface area contributed by atoms with Crippen LogP contribution in [0.2, 0.25) is 0 Å². The molecule has 3 rings (SSSR count). The molecular weight excluding hydrogens is 400 g/mol. The number of rotatable bonds is 6. The Morgan fingerprint density at radius 2 is 2.07 bits per heavy atom. The third kappa shape index (κ3) is 4.69. The molecule has 9 nitrogen and oxygen atoms in total. The fourth-order valence-electron chi connectivity index (χ4n) is 3.59. The van der Waals surface area contributed by atoms with E-state index in [-0.39, 0.29) is 30.6 Å². The highest BCUT2D eigenvalue weighted by atomic mass is 32.2. The summed E-state index contributed by atoms with van der Waals surface area (Å²) in [6.07, 6.45) is -0.709. The smallest absolute Gasteiger partial charge is 0.326 e. The molecule has 2 atom stereocenters. The Bertz CT molecular complexity index is 915. The van der Waals surface area contributed by atoms with E-state index in [9.17, 15) is 22.8 Å². The number of carbonyl (C=O) groups is 3. The van der Waals surface area contributed by atoms with Crippen molar-refractivity contribution in [3.63, 3.8) is 0 Å². The normalized spacial score (nSPS) is 21.1. The van der Waals surface area contributed by atoms with Gasteiger partial charge in [-0.1, -0.05) is 12.1 Å². The monoisotopic (exact) mass is 424 g/mol. The van der Waals surface area contributed by atoms with Crippen LogP contribution in [0.15, 0.2) is 24.3 Å². The van der Waals surface area contributed by atoms with Crippen molar-refractivity contribution < 1.29 is 32.3 Å². The summed E-state index contributed by atoms with van der Waals surface area (Å²) in [6, 6.07) is 6.43. The highest BCUT2D eigenvalue weighted by Crippen LogP contribution is 2.31. The summed E-state index contributed by atoms with van der Waals surface area (Å²) in [4.78, 5) is 40.0. The van der Waals surface area contributed by atoms with E-state index in [0.29, 0.717) is 24.4 Å². The van der Waals surface area contributed by atoms with Crippen LogP contribution in [0.4, 0.5) is 5.69 Å². The predicted octanol–water partition coefficient (Wildman–Crippen LogP) is 0.379. The van der Waals surface area contributed by atoms with Gasteiger partial charge in [-0.05, 0) is 32.4 Å². The molecule has 1 saturated heterocycles. The molecule has 10 heteroatoms. The van der Waals surface area contributed by atoms with Crippen molar-refractivity contribution in [1.29, 1.82) is 0 Å². The van der Waals surface area contributed by atoms with Gasteiger partial charge in [0.1, 0.15) is 12.3 Å². The van der Waals surface area contributed by atoms with Crippen LogP contribution in [0.1, 0.15) is 20.3 Å². The molecule has 0 radical (unpaired) electrons. The first-order chi connectivity index (χ1) is 13.7. The highest BCUT2D eigenvalue weighted by Gasteiger charge is 2.36. The quantitative estimate of drug-likeness (QED) is 0.607. The van der Waals surface area contributed by atoms with Gasteiger partial charge in [0.25, 0.3) is 11.8 Å². The number of nitrogens with zero attached hydrogens (tertiary/aromatic N) is 2. The van der Waals surface area contributed by atoms with Gasteiger partial charge in [-0.25, -0.2) is 8.42 Å². The van der Waals surface area contributed by atoms with E-state index in [1.54, 1.807) is 31.2 Å². The van der Waals surface area contributed by atoms with Gasteiger partial charge in [0.05, 0.1) is 17.2 Å². The van der Waals surface area contributed by atoms with E-state index < -0.39 is 33.9 Å². The highest BCUT2D eigenvalue weighted by molar-refractivity contribution is 7.91. The second kappa shape index (κ2) is 8.40. The van der Waals surface area contributed by atoms with Gasteiger partial charge in [0.2, 0.25) is 0 Å². The van der Waals surface area contributed by atoms with Crippen LogP contribution in [0, 0.1) is 0 Å². The first-order valence-electron chi connectivity index (χ1n) is 9.44. The third-order valence-electron chi connectivity index (χ3n) is 5.02. The van der Waals surface area contributed by atoms with E-state index in [4.69, 9.17) is 9.47 Å². The molecule has 1 aromatic carbocycles. The average Bonchev–Trinajstić information content (AvgIpc) is 3.04. The summed E-state index contributed by atoms with van der Waals surface area (Å²) in [5.74, 6) is -1.10. The molecule has 29 heavy (non-hydrogen) atoms.